The van der Waals surface area contributed by atoms with Crippen molar-refractivity contribution in [3.8, 4) is 5.75 Å². The lowest BCUT2D eigenvalue weighted by Crippen LogP contribution is -2.26. The van der Waals surface area contributed by atoms with Crippen LogP contribution in [0.2, 0.25) is 0 Å². The minimum absolute atomic E-state index is 0.0756. The molecule has 0 aliphatic heterocycles. The Labute approximate surface area is 143 Å². The van der Waals surface area contributed by atoms with E-state index in [0.717, 1.165) is 29.0 Å². The van der Waals surface area contributed by atoms with E-state index in [1.54, 1.807) is 7.11 Å². The fourth-order valence-corrected chi connectivity index (χ4v) is 2.29. The van der Waals surface area contributed by atoms with Gasteiger partial charge < -0.3 is 15.4 Å². The van der Waals surface area contributed by atoms with Gasteiger partial charge >= 0.3 is 0 Å². The van der Waals surface area contributed by atoms with Crippen molar-refractivity contribution < 1.29 is 9.53 Å². The smallest absolute Gasteiger partial charge is 0.253 e. The Hall–Kier alpha value is -2.75. The van der Waals surface area contributed by atoms with Crippen molar-refractivity contribution in [2.75, 3.05) is 25.5 Å². The van der Waals surface area contributed by atoms with Crippen LogP contribution >= 0.6 is 0 Å². The van der Waals surface area contributed by atoms with Crippen molar-refractivity contribution in [3.63, 3.8) is 0 Å². The van der Waals surface area contributed by atoms with Gasteiger partial charge in [-0.1, -0.05) is 36.4 Å². The number of para-hydroxylation sites is 1. The standard InChI is InChI=1S/C20H24N2O2/c1-15(2)14-22-19-7-5-4-6-18(19)20(23)21-13-12-16-8-10-17(24-3)11-9-16/h4-11,22H,1,12-14H2,2-3H3,(H,21,23). The zero-order valence-electron chi connectivity index (χ0n) is 14.3. The van der Waals surface area contributed by atoms with Crippen LogP contribution < -0.4 is 15.4 Å². The van der Waals surface area contributed by atoms with Crippen LogP contribution in [0, 0.1) is 0 Å². The first-order valence-corrected chi connectivity index (χ1v) is 7.98. The van der Waals surface area contributed by atoms with Crippen molar-refractivity contribution in [1.29, 1.82) is 0 Å². The number of ether oxygens (including phenoxy) is 1. The SMILES string of the molecule is C=C(C)CNc1ccccc1C(=O)NCCc1ccc(OC)cc1. The second kappa shape index (κ2) is 8.77. The second-order valence-corrected chi connectivity index (χ2v) is 5.71. The lowest BCUT2D eigenvalue weighted by molar-refractivity contribution is 0.0955. The van der Waals surface area contributed by atoms with E-state index in [0.29, 0.717) is 18.7 Å². The van der Waals surface area contributed by atoms with Crippen LogP contribution in [0.3, 0.4) is 0 Å². The molecule has 0 atom stereocenters. The highest BCUT2D eigenvalue weighted by Crippen LogP contribution is 2.15. The summed E-state index contributed by atoms with van der Waals surface area (Å²) in [4.78, 5) is 12.4. The van der Waals surface area contributed by atoms with Crippen LogP contribution in [0.4, 0.5) is 5.69 Å². The van der Waals surface area contributed by atoms with Gasteiger partial charge in [0.15, 0.2) is 0 Å². The predicted molar refractivity (Wildman–Crippen MR) is 98.8 cm³/mol. The van der Waals surface area contributed by atoms with E-state index in [4.69, 9.17) is 4.74 Å². The number of hydrogen-bond acceptors (Lipinski definition) is 3. The van der Waals surface area contributed by atoms with Gasteiger partial charge in [-0.25, -0.2) is 0 Å². The predicted octanol–water partition coefficient (Wildman–Crippen LogP) is 3.66. The van der Waals surface area contributed by atoms with Crippen molar-refractivity contribution >= 4 is 11.6 Å². The maximum Gasteiger partial charge on any atom is 0.253 e. The molecule has 2 rings (SSSR count). The van der Waals surface area contributed by atoms with Gasteiger partial charge in [0.25, 0.3) is 5.91 Å². The molecule has 0 fully saturated rings. The Kier molecular flexibility index (Phi) is 6.43. The van der Waals surface area contributed by atoms with E-state index in [-0.39, 0.29) is 5.91 Å². The number of rotatable bonds is 8. The fraction of sp³-hybridized carbons (Fsp3) is 0.250. The first kappa shape index (κ1) is 17.6. The average molecular weight is 324 g/mol. The summed E-state index contributed by atoms with van der Waals surface area (Å²) in [7, 11) is 1.65. The summed E-state index contributed by atoms with van der Waals surface area (Å²) in [6, 6.07) is 15.4. The van der Waals surface area contributed by atoms with Crippen molar-refractivity contribution in [3.05, 3.63) is 71.8 Å². The topological polar surface area (TPSA) is 50.4 Å². The minimum atomic E-state index is -0.0756. The molecule has 24 heavy (non-hydrogen) atoms. The monoisotopic (exact) mass is 324 g/mol. The third kappa shape index (κ3) is 5.16. The van der Waals surface area contributed by atoms with Gasteiger partial charge in [-0.3, -0.25) is 4.79 Å². The minimum Gasteiger partial charge on any atom is -0.497 e. The summed E-state index contributed by atoms with van der Waals surface area (Å²) < 4.78 is 5.14. The zero-order chi connectivity index (χ0) is 17.4. The Morgan fingerprint density at radius 2 is 1.83 bits per heavy atom. The number of carbonyl (C=O) groups is 1. The number of methoxy groups -OCH3 is 1. The molecule has 0 spiro atoms. The van der Waals surface area contributed by atoms with E-state index < -0.39 is 0 Å². The molecular formula is C20H24N2O2. The molecular weight excluding hydrogens is 300 g/mol. The van der Waals surface area contributed by atoms with E-state index in [2.05, 4.69) is 17.2 Å². The highest BCUT2D eigenvalue weighted by Gasteiger charge is 2.10. The molecule has 0 unspecified atom stereocenters. The third-order valence-corrected chi connectivity index (χ3v) is 3.61. The molecule has 0 heterocycles. The van der Waals surface area contributed by atoms with Crippen LogP contribution in [-0.2, 0) is 6.42 Å². The summed E-state index contributed by atoms with van der Waals surface area (Å²) >= 11 is 0. The molecule has 0 aliphatic rings. The summed E-state index contributed by atoms with van der Waals surface area (Å²) in [6.07, 6.45) is 0.775. The quantitative estimate of drug-likeness (QED) is 0.729. The number of anilines is 1. The van der Waals surface area contributed by atoms with Gasteiger partial charge in [0.1, 0.15) is 5.75 Å². The van der Waals surface area contributed by atoms with Crippen LogP contribution in [0.15, 0.2) is 60.7 Å². The Morgan fingerprint density at radius 1 is 1.12 bits per heavy atom. The maximum atomic E-state index is 12.4. The Morgan fingerprint density at radius 3 is 2.50 bits per heavy atom. The van der Waals surface area contributed by atoms with Gasteiger partial charge in [-0.05, 0) is 43.2 Å². The van der Waals surface area contributed by atoms with Crippen molar-refractivity contribution in [2.45, 2.75) is 13.3 Å². The normalized spacial score (nSPS) is 10.1. The zero-order valence-corrected chi connectivity index (χ0v) is 14.3. The molecule has 0 bridgehead atoms. The average Bonchev–Trinajstić information content (AvgIpc) is 2.60. The first-order chi connectivity index (χ1) is 11.6. The van der Waals surface area contributed by atoms with E-state index in [9.17, 15) is 4.79 Å². The number of hydrogen-bond donors (Lipinski definition) is 2. The lowest BCUT2D eigenvalue weighted by Gasteiger charge is -2.12. The maximum absolute atomic E-state index is 12.4. The highest BCUT2D eigenvalue weighted by molar-refractivity contribution is 5.99. The van der Waals surface area contributed by atoms with Crippen LogP contribution in [-0.4, -0.2) is 26.1 Å². The number of carbonyl (C=O) groups excluding carboxylic acids is 1. The molecule has 1 amide bonds. The molecule has 2 N–H and O–H groups in total. The lowest BCUT2D eigenvalue weighted by atomic mass is 10.1. The Balaban J connectivity index is 1.91. The molecule has 2 aromatic carbocycles. The Bertz CT molecular complexity index is 693. The number of nitrogens with one attached hydrogen (secondary N) is 2. The highest BCUT2D eigenvalue weighted by atomic mass is 16.5. The summed E-state index contributed by atoms with van der Waals surface area (Å²) in [6.45, 7) is 7.05. The van der Waals surface area contributed by atoms with Crippen LogP contribution in [0.25, 0.3) is 0 Å². The summed E-state index contributed by atoms with van der Waals surface area (Å²) in [5.74, 6) is 0.758. The van der Waals surface area contributed by atoms with Gasteiger partial charge in [0, 0.05) is 18.8 Å². The second-order valence-electron chi connectivity index (χ2n) is 5.71. The third-order valence-electron chi connectivity index (χ3n) is 3.61. The molecule has 126 valence electrons. The van der Waals surface area contributed by atoms with Crippen LogP contribution in [0.1, 0.15) is 22.8 Å². The summed E-state index contributed by atoms with van der Waals surface area (Å²) in [5.41, 5.74) is 3.64. The van der Waals surface area contributed by atoms with Crippen molar-refractivity contribution in [1.82, 2.24) is 5.32 Å². The molecule has 0 aromatic heterocycles. The summed E-state index contributed by atoms with van der Waals surface area (Å²) in [5, 5.41) is 6.21. The van der Waals surface area contributed by atoms with Gasteiger partial charge in [0.2, 0.25) is 0 Å². The molecule has 4 heteroatoms. The molecule has 0 radical (unpaired) electrons. The van der Waals surface area contributed by atoms with Crippen LogP contribution in [0.5, 0.6) is 5.75 Å². The number of benzene rings is 2. The van der Waals surface area contributed by atoms with Gasteiger partial charge in [0.05, 0.1) is 12.7 Å². The largest absolute Gasteiger partial charge is 0.497 e. The van der Waals surface area contributed by atoms with E-state index >= 15 is 0 Å². The first-order valence-electron chi connectivity index (χ1n) is 7.98. The molecule has 4 nitrogen and oxygen atoms in total. The molecule has 0 aliphatic carbocycles. The molecule has 0 saturated heterocycles. The fourth-order valence-electron chi connectivity index (χ4n) is 2.29. The molecule has 0 saturated carbocycles. The van der Waals surface area contributed by atoms with E-state index in [1.165, 1.54) is 0 Å². The van der Waals surface area contributed by atoms with Gasteiger partial charge in [-0.2, -0.15) is 0 Å². The van der Waals surface area contributed by atoms with Crippen molar-refractivity contribution in [2.24, 2.45) is 0 Å². The van der Waals surface area contributed by atoms with Gasteiger partial charge in [-0.15, -0.1) is 0 Å². The van der Waals surface area contributed by atoms with E-state index in [1.807, 2.05) is 55.5 Å². The number of amides is 1. The molecule has 2 aromatic rings.